The number of anilines is 1. The molecule has 15 heteroatoms. The van der Waals surface area contributed by atoms with Gasteiger partial charge in [0.15, 0.2) is 5.69 Å². The van der Waals surface area contributed by atoms with Crippen LogP contribution in [0.25, 0.3) is 11.0 Å². The normalized spacial score (nSPS) is 22.2. The zero-order valence-corrected chi connectivity index (χ0v) is 31.6. The van der Waals surface area contributed by atoms with Crippen LogP contribution in [0, 0.1) is 11.8 Å². The number of aromatic nitrogens is 4. The molecule has 3 aliphatic rings. The van der Waals surface area contributed by atoms with Gasteiger partial charge in [0.2, 0.25) is 11.8 Å². The summed E-state index contributed by atoms with van der Waals surface area (Å²) in [5, 5.41) is 9.00. The molecule has 3 aromatic rings. The van der Waals surface area contributed by atoms with E-state index in [2.05, 4.69) is 38.6 Å². The molecule has 0 spiro atoms. The van der Waals surface area contributed by atoms with Gasteiger partial charge in [-0.05, 0) is 122 Å². The number of alkyl halides is 2. The van der Waals surface area contributed by atoms with Crippen molar-refractivity contribution in [3.05, 3.63) is 46.1 Å². The number of hydrogen-bond donors (Lipinski definition) is 2. The third-order valence-corrected chi connectivity index (χ3v) is 11.1. The Kier molecular flexibility index (Phi) is 11.7. The SMILES string of the molecule is CN(CCC1CCN(Cc2cccc3c2n(C)c(=O)n3C2CCC(=O)NC2=O)CC1)C[C@H]1CC[C@H](n2cc(NC(=O)OC(C)(C)C)c(C(F)F)n2)CC1. The first-order valence-electron chi connectivity index (χ1n) is 19.0. The summed E-state index contributed by atoms with van der Waals surface area (Å²) >= 11 is 0. The molecule has 1 atom stereocenters. The summed E-state index contributed by atoms with van der Waals surface area (Å²) in [6.45, 7) is 9.86. The number of imidazole rings is 1. The number of rotatable bonds is 11. The molecule has 13 nitrogen and oxygen atoms in total. The van der Waals surface area contributed by atoms with Gasteiger partial charge >= 0.3 is 11.8 Å². The molecule has 2 saturated heterocycles. The van der Waals surface area contributed by atoms with Crippen molar-refractivity contribution in [2.24, 2.45) is 18.9 Å². The summed E-state index contributed by atoms with van der Waals surface area (Å²) in [5.41, 5.74) is 1.18. The Labute approximate surface area is 309 Å². The van der Waals surface area contributed by atoms with Crippen molar-refractivity contribution in [2.45, 2.75) is 109 Å². The Bertz CT molecular complexity index is 1850. The van der Waals surface area contributed by atoms with E-state index in [4.69, 9.17) is 4.74 Å². The third-order valence-electron chi connectivity index (χ3n) is 11.1. The van der Waals surface area contributed by atoms with Crippen molar-refractivity contribution in [1.82, 2.24) is 34.0 Å². The van der Waals surface area contributed by atoms with Gasteiger partial charge in [-0.25, -0.2) is 18.4 Å². The number of nitrogens with one attached hydrogen (secondary N) is 2. The molecular weight excluding hydrogens is 686 g/mol. The zero-order chi connectivity index (χ0) is 38.0. The maximum absolute atomic E-state index is 13.8. The fraction of sp³-hybridized carbons (Fsp3) is 0.658. The standard InChI is InChI=1S/C38H54F2N8O5/c1-38(2,3)53-36(51)41-28-23-47(43-32(28)34(39)40)27-11-9-25(10-12-27)21-44(4)18-15-24-16-19-46(20-17-24)22-26-7-6-8-29-33(26)45(5)37(52)48(29)30-13-14-31(49)42-35(30)50/h6-8,23-25,27,30,34H,9-22H2,1-5H3,(H,41,51)(H,42,49,50)/t25-,27-,30?. The van der Waals surface area contributed by atoms with Crippen molar-refractivity contribution < 1.29 is 27.9 Å². The number of benzene rings is 1. The van der Waals surface area contributed by atoms with Gasteiger partial charge in [-0.1, -0.05) is 12.1 Å². The minimum atomic E-state index is -2.81. The number of carbonyl (C=O) groups excluding carboxylic acids is 3. The lowest BCUT2D eigenvalue weighted by Gasteiger charge is -2.34. The van der Waals surface area contributed by atoms with Gasteiger partial charge in [-0.3, -0.25) is 38.9 Å². The smallest absolute Gasteiger partial charge is 0.412 e. The van der Waals surface area contributed by atoms with Crippen LogP contribution in [0.2, 0.25) is 0 Å². The summed E-state index contributed by atoms with van der Waals surface area (Å²) in [5.74, 6) is 0.449. The zero-order valence-electron chi connectivity index (χ0n) is 31.6. The van der Waals surface area contributed by atoms with Crippen LogP contribution in [0.5, 0.6) is 0 Å². The van der Waals surface area contributed by atoms with E-state index in [1.807, 2.05) is 12.1 Å². The number of nitrogens with zero attached hydrogens (tertiary/aromatic N) is 6. The number of fused-ring (bicyclic) bond motifs is 1. The largest absolute Gasteiger partial charge is 0.444 e. The van der Waals surface area contributed by atoms with Gasteiger partial charge in [0, 0.05) is 32.8 Å². The second-order valence-corrected chi connectivity index (χ2v) is 16.2. The summed E-state index contributed by atoms with van der Waals surface area (Å²) < 4.78 is 37.5. The Morgan fingerprint density at radius 3 is 2.43 bits per heavy atom. The van der Waals surface area contributed by atoms with Crippen LogP contribution in [0.4, 0.5) is 19.3 Å². The number of hydrogen-bond acceptors (Lipinski definition) is 8. The Morgan fingerprint density at radius 1 is 1.06 bits per heavy atom. The maximum atomic E-state index is 13.8. The van der Waals surface area contributed by atoms with Crippen LogP contribution in [-0.2, 0) is 27.9 Å². The van der Waals surface area contributed by atoms with Crippen LogP contribution < -0.4 is 16.3 Å². The monoisotopic (exact) mass is 740 g/mol. The number of carbonyl (C=O) groups is 3. The summed E-state index contributed by atoms with van der Waals surface area (Å²) in [6.07, 6.45) is 5.47. The van der Waals surface area contributed by atoms with Gasteiger partial charge in [-0.15, -0.1) is 0 Å². The average molecular weight is 741 g/mol. The minimum absolute atomic E-state index is 0.00650. The molecule has 1 aromatic carbocycles. The second kappa shape index (κ2) is 16.1. The lowest BCUT2D eigenvalue weighted by Crippen LogP contribution is -2.44. The van der Waals surface area contributed by atoms with E-state index in [-0.39, 0.29) is 29.7 Å². The van der Waals surface area contributed by atoms with Crippen LogP contribution in [0.15, 0.2) is 29.2 Å². The summed E-state index contributed by atoms with van der Waals surface area (Å²) in [7, 11) is 3.93. The van der Waals surface area contributed by atoms with Crippen LogP contribution in [0.3, 0.4) is 0 Å². The van der Waals surface area contributed by atoms with Crippen molar-refractivity contribution >= 4 is 34.6 Å². The second-order valence-electron chi connectivity index (χ2n) is 16.2. The quantitative estimate of drug-likeness (QED) is 0.237. The van der Waals surface area contributed by atoms with Gasteiger partial charge in [0.25, 0.3) is 6.43 Å². The number of likely N-dealkylation sites (tertiary alicyclic amines) is 1. The first kappa shape index (κ1) is 38.6. The molecule has 6 rings (SSSR count). The van der Waals surface area contributed by atoms with Crippen LogP contribution in [-0.4, -0.2) is 85.4 Å². The van der Waals surface area contributed by atoms with Crippen molar-refractivity contribution in [1.29, 1.82) is 0 Å². The highest BCUT2D eigenvalue weighted by molar-refractivity contribution is 6.00. The first-order valence-corrected chi connectivity index (χ1v) is 19.0. The highest BCUT2D eigenvalue weighted by Crippen LogP contribution is 2.35. The molecule has 0 bridgehead atoms. The fourth-order valence-electron chi connectivity index (χ4n) is 8.34. The van der Waals surface area contributed by atoms with Crippen molar-refractivity contribution in [3.63, 3.8) is 0 Å². The minimum Gasteiger partial charge on any atom is -0.444 e. The van der Waals surface area contributed by atoms with Crippen molar-refractivity contribution in [2.75, 3.05) is 38.5 Å². The predicted molar refractivity (Wildman–Crippen MR) is 197 cm³/mol. The number of aryl methyl sites for hydroxylation is 1. The summed E-state index contributed by atoms with van der Waals surface area (Å²) in [4.78, 5) is 54.8. The van der Waals surface area contributed by atoms with Gasteiger partial charge < -0.3 is 9.64 Å². The van der Waals surface area contributed by atoms with E-state index in [1.165, 1.54) is 6.20 Å². The molecule has 290 valence electrons. The van der Waals surface area contributed by atoms with Gasteiger partial charge in [0.1, 0.15) is 11.6 Å². The molecule has 3 fully saturated rings. The highest BCUT2D eigenvalue weighted by Gasteiger charge is 2.32. The van der Waals surface area contributed by atoms with Crippen LogP contribution >= 0.6 is 0 Å². The van der Waals surface area contributed by atoms with Crippen LogP contribution in [0.1, 0.15) is 108 Å². The Hall–Kier alpha value is -4.11. The fourth-order valence-corrected chi connectivity index (χ4v) is 8.34. The van der Waals surface area contributed by atoms with Gasteiger partial charge in [-0.2, -0.15) is 5.10 Å². The number of para-hydroxylation sites is 1. The number of imide groups is 1. The highest BCUT2D eigenvalue weighted by atomic mass is 19.3. The number of ether oxygens (including phenoxy) is 1. The van der Waals surface area contributed by atoms with E-state index >= 15 is 0 Å². The Morgan fingerprint density at radius 2 is 1.77 bits per heavy atom. The number of halogens is 2. The molecule has 2 aromatic heterocycles. The summed E-state index contributed by atoms with van der Waals surface area (Å²) in [6, 6.07) is 5.19. The van der Waals surface area contributed by atoms with E-state index in [0.717, 1.165) is 94.3 Å². The van der Waals surface area contributed by atoms with Crippen molar-refractivity contribution in [3.8, 4) is 0 Å². The molecule has 1 saturated carbocycles. The molecule has 53 heavy (non-hydrogen) atoms. The molecular formula is C38H54F2N8O5. The molecule has 3 amide bonds. The van der Waals surface area contributed by atoms with E-state index in [0.29, 0.717) is 18.3 Å². The molecule has 2 aliphatic heterocycles. The average Bonchev–Trinajstić information content (AvgIpc) is 3.62. The van der Waals surface area contributed by atoms with E-state index < -0.39 is 35.8 Å². The topological polar surface area (TPSA) is 136 Å². The maximum Gasteiger partial charge on any atom is 0.412 e. The molecule has 1 unspecified atom stereocenters. The molecule has 1 aliphatic carbocycles. The number of amides is 3. The van der Waals surface area contributed by atoms with E-state index in [1.54, 1.807) is 41.6 Å². The molecule has 0 radical (unpaired) electrons. The number of piperidine rings is 2. The lowest BCUT2D eigenvalue weighted by atomic mass is 9.85. The first-order chi connectivity index (χ1) is 25.2. The van der Waals surface area contributed by atoms with E-state index in [9.17, 15) is 28.0 Å². The third kappa shape index (κ3) is 9.17. The molecule has 4 heterocycles. The lowest BCUT2D eigenvalue weighted by molar-refractivity contribution is -0.135. The van der Waals surface area contributed by atoms with Gasteiger partial charge in [0.05, 0.1) is 22.8 Å². The molecule has 2 N–H and O–H groups in total. The predicted octanol–water partition coefficient (Wildman–Crippen LogP) is 5.76. The Balaban J connectivity index is 0.948.